The second kappa shape index (κ2) is 7.02. The summed E-state index contributed by atoms with van der Waals surface area (Å²) in [5.41, 5.74) is 2.43. The van der Waals surface area contributed by atoms with Gasteiger partial charge in [-0.3, -0.25) is 4.79 Å². The molecular weight excluding hydrogens is 210 g/mol. The van der Waals surface area contributed by atoms with Gasteiger partial charge < -0.3 is 4.90 Å². The van der Waals surface area contributed by atoms with Gasteiger partial charge in [0.05, 0.1) is 0 Å². The fraction of sp³-hybridized carbons (Fsp3) is 0.400. The van der Waals surface area contributed by atoms with Crippen LogP contribution in [0.5, 0.6) is 0 Å². The summed E-state index contributed by atoms with van der Waals surface area (Å²) < 4.78 is 0. The zero-order valence-corrected chi connectivity index (χ0v) is 10.9. The summed E-state index contributed by atoms with van der Waals surface area (Å²) in [7, 11) is 3.95. The Balaban J connectivity index is 2.60. The Bertz CT molecular complexity index is 394. The normalized spacial score (nSPS) is 11.3. The second-order valence-electron chi connectivity index (χ2n) is 4.41. The molecule has 0 unspecified atom stereocenters. The second-order valence-corrected chi connectivity index (χ2v) is 4.41. The summed E-state index contributed by atoms with van der Waals surface area (Å²) in [6.45, 7) is 2.93. The van der Waals surface area contributed by atoms with Crippen LogP contribution in [0.25, 0.3) is 6.08 Å². The van der Waals surface area contributed by atoms with Gasteiger partial charge in [0, 0.05) is 13.0 Å². The third-order valence-corrected chi connectivity index (χ3v) is 2.69. The molecule has 0 fully saturated rings. The molecule has 1 rings (SSSR count). The molecule has 0 saturated heterocycles. The molecule has 0 spiro atoms. The summed E-state index contributed by atoms with van der Waals surface area (Å²) in [6, 6.07) is 8.19. The van der Waals surface area contributed by atoms with E-state index in [1.54, 1.807) is 6.08 Å². The molecule has 0 saturated carbocycles. The number of ketones is 1. The number of hydrogen-bond donors (Lipinski definition) is 0. The fourth-order valence-corrected chi connectivity index (χ4v) is 1.62. The SMILES string of the molecule is CCc1ccccc1C=CC(=O)CCN(C)C. The Morgan fingerprint density at radius 1 is 1.29 bits per heavy atom. The molecule has 0 radical (unpaired) electrons. The van der Waals surface area contributed by atoms with Crippen LogP contribution in [0, 0.1) is 0 Å². The zero-order chi connectivity index (χ0) is 12.7. The summed E-state index contributed by atoms with van der Waals surface area (Å²) >= 11 is 0. The molecule has 17 heavy (non-hydrogen) atoms. The number of carbonyl (C=O) groups excluding carboxylic acids is 1. The number of aryl methyl sites for hydroxylation is 1. The number of benzene rings is 1. The average Bonchev–Trinajstić information content (AvgIpc) is 2.34. The van der Waals surface area contributed by atoms with E-state index in [0.29, 0.717) is 6.42 Å². The van der Waals surface area contributed by atoms with Crippen molar-refractivity contribution in [1.29, 1.82) is 0 Å². The monoisotopic (exact) mass is 231 g/mol. The van der Waals surface area contributed by atoms with E-state index in [4.69, 9.17) is 0 Å². The molecule has 0 heterocycles. The van der Waals surface area contributed by atoms with E-state index in [-0.39, 0.29) is 5.78 Å². The van der Waals surface area contributed by atoms with Crippen LogP contribution in [0.1, 0.15) is 24.5 Å². The van der Waals surface area contributed by atoms with E-state index in [1.165, 1.54) is 5.56 Å². The Kier molecular flexibility index (Phi) is 5.64. The van der Waals surface area contributed by atoms with Gasteiger partial charge in [-0.1, -0.05) is 37.3 Å². The number of nitrogens with zero attached hydrogens (tertiary/aromatic N) is 1. The summed E-state index contributed by atoms with van der Waals surface area (Å²) in [5.74, 6) is 0.185. The smallest absolute Gasteiger partial charge is 0.156 e. The van der Waals surface area contributed by atoms with E-state index in [9.17, 15) is 4.79 Å². The number of allylic oxidation sites excluding steroid dienone is 1. The molecule has 0 aliphatic rings. The summed E-state index contributed by atoms with van der Waals surface area (Å²) in [4.78, 5) is 13.6. The van der Waals surface area contributed by atoms with Crippen molar-refractivity contribution in [1.82, 2.24) is 4.90 Å². The Labute approximate surface area is 104 Å². The molecule has 2 heteroatoms. The minimum atomic E-state index is 0.185. The lowest BCUT2D eigenvalue weighted by molar-refractivity contribution is -0.114. The van der Waals surface area contributed by atoms with Crippen LogP contribution in [0.15, 0.2) is 30.3 Å². The van der Waals surface area contributed by atoms with Crippen LogP contribution in [-0.4, -0.2) is 31.3 Å². The van der Waals surface area contributed by atoms with E-state index in [0.717, 1.165) is 18.5 Å². The van der Waals surface area contributed by atoms with Crippen LogP contribution in [0.2, 0.25) is 0 Å². The molecule has 0 N–H and O–H groups in total. The topological polar surface area (TPSA) is 20.3 Å². The van der Waals surface area contributed by atoms with Crippen LogP contribution in [0.3, 0.4) is 0 Å². The quantitative estimate of drug-likeness (QED) is 0.702. The average molecular weight is 231 g/mol. The van der Waals surface area contributed by atoms with Gasteiger partial charge in [0.15, 0.2) is 5.78 Å². The first-order valence-electron chi connectivity index (χ1n) is 6.07. The molecule has 92 valence electrons. The van der Waals surface area contributed by atoms with Crippen molar-refractivity contribution in [3.63, 3.8) is 0 Å². The van der Waals surface area contributed by atoms with Crippen molar-refractivity contribution >= 4 is 11.9 Å². The standard InChI is InChI=1S/C15H21NO/c1-4-13-7-5-6-8-14(13)9-10-15(17)11-12-16(2)3/h5-10H,4,11-12H2,1-3H3. The molecule has 2 nitrogen and oxygen atoms in total. The number of carbonyl (C=O) groups is 1. The fourth-order valence-electron chi connectivity index (χ4n) is 1.62. The first-order chi connectivity index (χ1) is 8.13. The molecule has 0 atom stereocenters. The van der Waals surface area contributed by atoms with Crippen LogP contribution < -0.4 is 0 Å². The maximum atomic E-state index is 11.6. The molecule has 0 aliphatic carbocycles. The van der Waals surface area contributed by atoms with Crippen molar-refractivity contribution in [2.45, 2.75) is 19.8 Å². The van der Waals surface area contributed by atoms with Gasteiger partial charge in [-0.2, -0.15) is 0 Å². The Hall–Kier alpha value is -1.41. The highest BCUT2D eigenvalue weighted by Crippen LogP contribution is 2.11. The van der Waals surface area contributed by atoms with Crippen molar-refractivity contribution < 1.29 is 4.79 Å². The maximum absolute atomic E-state index is 11.6. The lowest BCUT2D eigenvalue weighted by atomic mass is 10.0. The Morgan fingerprint density at radius 3 is 2.65 bits per heavy atom. The van der Waals surface area contributed by atoms with E-state index in [1.807, 2.05) is 37.2 Å². The minimum absolute atomic E-state index is 0.185. The number of rotatable bonds is 6. The number of hydrogen-bond acceptors (Lipinski definition) is 2. The lowest BCUT2D eigenvalue weighted by Crippen LogP contribution is -2.15. The van der Waals surface area contributed by atoms with E-state index >= 15 is 0 Å². The predicted octanol–water partition coefficient (Wildman–Crippen LogP) is 2.78. The molecule has 0 bridgehead atoms. The van der Waals surface area contributed by atoms with Crippen LogP contribution in [0.4, 0.5) is 0 Å². The minimum Gasteiger partial charge on any atom is -0.309 e. The first-order valence-corrected chi connectivity index (χ1v) is 6.07. The lowest BCUT2D eigenvalue weighted by Gasteiger charge is -2.06. The van der Waals surface area contributed by atoms with Crippen LogP contribution in [-0.2, 0) is 11.2 Å². The van der Waals surface area contributed by atoms with Crippen molar-refractivity contribution in [3.05, 3.63) is 41.5 Å². The highest BCUT2D eigenvalue weighted by molar-refractivity contribution is 5.93. The van der Waals surface area contributed by atoms with Gasteiger partial charge in [0.2, 0.25) is 0 Å². The van der Waals surface area contributed by atoms with Gasteiger partial charge in [0.25, 0.3) is 0 Å². The van der Waals surface area contributed by atoms with Crippen molar-refractivity contribution in [2.75, 3.05) is 20.6 Å². The van der Waals surface area contributed by atoms with Crippen molar-refractivity contribution in [3.8, 4) is 0 Å². The highest BCUT2D eigenvalue weighted by Gasteiger charge is 1.99. The van der Waals surface area contributed by atoms with E-state index in [2.05, 4.69) is 19.1 Å². The molecule has 0 aliphatic heterocycles. The zero-order valence-electron chi connectivity index (χ0n) is 10.9. The largest absolute Gasteiger partial charge is 0.309 e. The summed E-state index contributed by atoms with van der Waals surface area (Å²) in [5, 5.41) is 0. The van der Waals surface area contributed by atoms with Gasteiger partial charge >= 0.3 is 0 Å². The van der Waals surface area contributed by atoms with Gasteiger partial charge in [-0.25, -0.2) is 0 Å². The van der Waals surface area contributed by atoms with Crippen molar-refractivity contribution in [2.24, 2.45) is 0 Å². The predicted molar refractivity (Wildman–Crippen MR) is 73.0 cm³/mol. The third kappa shape index (κ3) is 4.96. The molecule has 1 aromatic rings. The van der Waals surface area contributed by atoms with E-state index < -0.39 is 0 Å². The molecular formula is C15H21NO. The first kappa shape index (κ1) is 13.7. The Morgan fingerprint density at radius 2 is 2.00 bits per heavy atom. The van der Waals surface area contributed by atoms with Gasteiger partial charge in [0.1, 0.15) is 0 Å². The highest BCUT2D eigenvalue weighted by atomic mass is 16.1. The summed E-state index contributed by atoms with van der Waals surface area (Å²) in [6.07, 6.45) is 5.19. The van der Waals surface area contributed by atoms with Crippen LogP contribution >= 0.6 is 0 Å². The van der Waals surface area contributed by atoms with Gasteiger partial charge in [-0.15, -0.1) is 0 Å². The molecule has 1 aromatic carbocycles. The maximum Gasteiger partial charge on any atom is 0.156 e. The van der Waals surface area contributed by atoms with Gasteiger partial charge in [-0.05, 0) is 37.7 Å². The molecule has 0 aromatic heterocycles. The molecule has 0 amide bonds. The third-order valence-electron chi connectivity index (χ3n) is 2.69.